The van der Waals surface area contributed by atoms with Crippen LogP contribution in [0.3, 0.4) is 0 Å². The lowest BCUT2D eigenvalue weighted by atomic mass is 9.88. The van der Waals surface area contributed by atoms with Gasteiger partial charge in [0, 0.05) is 22.3 Å². The minimum Gasteiger partial charge on any atom is -0.434 e. The van der Waals surface area contributed by atoms with E-state index < -0.39 is 117 Å². The first-order valence-corrected chi connectivity index (χ1v) is 31.2. The molecular weight excluding hydrogens is 1110 g/mol. The molecule has 20 nitrogen and oxygen atoms in total. The van der Waals surface area contributed by atoms with E-state index in [1.807, 2.05) is 55.4 Å². The van der Waals surface area contributed by atoms with Crippen LogP contribution in [0.5, 0.6) is 0 Å². The second-order valence-electron chi connectivity index (χ2n) is 23.3. The van der Waals surface area contributed by atoms with Crippen LogP contribution >= 0.6 is 0 Å². The molecule has 0 fully saturated rings. The Hall–Kier alpha value is -6.86. The van der Waals surface area contributed by atoms with Crippen LogP contribution in [0.4, 0.5) is 19.2 Å². The largest absolute Gasteiger partial charge is 0.509 e. The van der Waals surface area contributed by atoms with E-state index in [9.17, 15) is 38.4 Å². The third-order valence-corrected chi connectivity index (χ3v) is 13.3. The standard InChI is InChI=1S/C66H98O20/c1-13-17-21-25-35-51(81-63(73)77-39-43(5)6)57(67)47-31-29-33-49(55(47)59(69)53(37-27-23-19-15-3)83-65(75)79-41-45(9)10)61(71)85-86-62(72)50-34-30-32-48(58(68)52(36-26-22-18-14-2)82-64(74)78-40-44(7)8)56(50)60(70)54(38-28-24-20-16-4)84-66(76)80-42-46(11)12/h29-34,43-46,51-54H,13-28,35-42H2,1-12H3. The average molecular weight is 1210 g/mol. The topological polar surface area (TPSA) is 263 Å². The highest BCUT2D eigenvalue weighted by Gasteiger charge is 2.39. The van der Waals surface area contributed by atoms with E-state index in [4.69, 9.17) is 47.7 Å². The molecule has 0 saturated carbocycles. The van der Waals surface area contributed by atoms with Gasteiger partial charge in [-0.25, -0.2) is 38.5 Å². The van der Waals surface area contributed by atoms with E-state index in [1.165, 1.54) is 24.3 Å². The van der Waals surface area contributed by atoms with Gasteiger partial charge >= 0.3 is 36.6 Å². The smallest absolute Gasteiger partial charge is 0.434 e. The third-order valence-electron chi connectivity index (χ3n) is 13.3. The molecule has 0 aromatic heterocycles. The lowest BCUT2D eigenvalue weighted by molar-refractivity contribution is -0.187. The third kappa shape index (κ3) is 28.1. The van der Waals surface area contributed by atoms with Gasteiger partial charge < -0.3 is 37.9 Å². The Bertz CT molecular complexity index is 2290. The van der Waals surface area contributed by atoms with Gasteiger partial charge in [-0.2, -0.15) is 0 Å². The van der Waals surface area contributed by atoms with Crippen LogP contribution in [-0.4, -0.2) is 111 Å². The fourth-order valence-corrected chi connectivity index (χ4v) is 8.76. The molecule has 2 rings (SSSR count). The average Bonchev–Trinajstić information content (AvgIpc) is 1.36. The van der Waals surface area contributed by atoms with Crippen molar-refractivity contribution < 1.29 is 95.6 Å². The molecule has 0 amide bonds. The van der Waals surface area contributed by atoms with Crippen LogP contribution in [0.15, 0.2) is 36.4 Å². The van der Waals surface area contributed by atoms with Crippen molar-refractivity contribution in [2.75, 3.05) is 26.4 Å². The second kappa shape index (κ2) is 42.1. The van der Waals surface area contributed by atoms with Crippen LogP contribution in [0, 0.1) is 23.7 Å². The van der Waals surface area contributed by atoms with E-state index in [2.05, 4.69) is 0 Å². The van der Waals surface area contributed by atoms with E-state index in [-0.39, 0.29) is 75.8 Å². The van der Waals surface area contributed by atoms with Crippen molar-refractivity contribution in [3.8, 4) is 0 Å². The highest BCUT2D eigenvalue weighted by Crippen LogP contribution is 2.29. The molecule has 4 unspecified atom stereocenters. The summed E-state index contributed by atoms with van der Waals surface area (Å²) in [5.74, 6) is -7.31. The van der Waals surface area contributed by atoms with Crippen molar-refractivity contribution in [2.24, 2.45) is 23.7 Å². The van der Waals surface area contributed by atoms with Gasteiger partial charge in [-0.15, -0.1) is 0 Å². The summed E-state index contributed by atoms with van der Waals surface area (Å²) in [6.07, 6.45) is -0.609. The van der Waals surface area contributed by atoms with Crippen molar-refractivity contribution in [3.63, 3.8) is 0 Å². The normalized spacial score (nSPS) is 12.6. The molecule has 482 valence electrons. The molecule has 0 heterocycles. The number of unbranched alkanes of at least 4 members (excludes halogenated alkanes) is 12. The van der Waals surface area contributed by atoms with Gasteiger partial charge in [0.25, 0.3) is 0 Å². The van der Waals surface area contributed by atoms with Gasteiger partial charge in [-0.05, 0) is 87.2 Å². The van der Waals surface area contributed by atoms with E-state index >= 15 is 9.59 Å². The van der Waals surface area contributed by atoms with Crippen molar-refractivity contribution >= 4 is 59.7 Å². The maximum atomic E-state index is 15.2. The number of ketones is 4. The zero-order valence-electron chi connectivity index (χ0n) is 53.2. The first kappa shape index (κ1) is 75.2. The van der Waals surface area contributed by atoms with E-state index in [0.717, 1.165) is 63.5 Å². The number of rotatable bonds is 42. The second-order valence-corrected chi connectivity index (χ2v) is 23.3. The molecule has 0 saturated heterocycles. The number of hydrogen-bond acceptors (Lipinski definition) is 20. The Morgan fingerprint density at radius 2 is 0.547 bits per heavy atom. The summed E-state index contributed by atoms with van der Waals surface area (Å²) in [5.41, 5.74) is -3.40. The molecule has 0 N–H and O–H groups in total. The Morgan fingerprint density at radius 3 is 0.779 bits per heavy atom. The van der Waals surface area contributed by atoms with E-state index in [0.29, 0.717) is 51.4 Å². The van der Waals surface area contributed by atoms with Crippen molar-refractivity contribution in [3.05, 3.63) is 69.8 Å². The Labute approximate surface area is 509 Å². The summed E-state index contributed by atoms with van der Waals surface area (Å²) in [6.45, 7) is 22.2. The molecule has 0 aliphatic heterocycles. The molecule has 2 aromatic carbocycles. The minimum absolute atomic E-state index is 0.00562. The lowest BCUT2D eigenvalue weighted by Crippen LogP contribution is -2.34. The highest BCUT2D eigenvalue weighted by atomic mass is 17.2. The number of benzene rings is 2. The summed E-state index contributed by atoms with van der Waals surface area (Å²) in [5, 5.41) is 0. The summed E-state index contributed by atoms with van der Waals surface area (Å²) < 4.78 is 43.7. The van der Waals surface area contributed by atoms with Crippen LogP contribution in [-0.2, 0) is 47.7 Å². The molecule has 0 aliphatic rings. The van der Waals surface area contributed by atoms with Crippen LogP contribution in [0.2, 0.25) is 0 Å². The SMILES string of the molecule is CCCCCCC(OC(=O)OCC(C)C)C(=O)c1cccc(C(=O)OOC(=O)c2cccc(C(=O)C(CCCCCC)OC(=O)OCC(C)C)c2C(=O)C(CCCCCC)OC(=O)OCC(C)C)c1C(=O)C(CCCCCC)OC(=O)OCC(C)C. The van der Waals surface area contributed by atoms with Crippen molar-refractivity contribution in [1.82, 2.24) is 0 Å². The number of Topliss-reactive ketones (excluding diaryl/α,β-unsaturated/α-hetero) is 4. The lowest BCUT2D eigenvalue weighted by Gasteiger charge is -2.22. The number of carbonyl (C=O) groups excluding carboxylic acids is 10. The summed E-state index contributed by atoms with van der Waals surface area (Å²) in [7, 11) is 0. The van der Waals surface area contributed by atoms with Gasteiger partial charge in [0.05, 0.1) is 37.6 Å². The number of ether oxygens (including phenoxy) is 8. The minimum atomic E-state index is -1.64. The first-order chi connectivity index (χ1) is 41.0. The quantitative estimate of drug-likeness (QED) is 0.0149. The Balaban J connectivity index is 3.00. The molecule has 0 spiro atoms. The summed E-state index contributed by atoms with van der Waals surface area (Å²) in [6, 6.07) is 7.18. The van der Waals surface area contributed by atoms with Gasteiger partial charge in [-0.1, -0.05) is 184 Å². The zero-order valence-corrected chi connectivity index (χ0v) is 53.2. The first-order valence-electron chi connectivity index (χ1n) is 31.2. The Kier molecular flexibility index (Phi) is 36.8. The van der Waals surface area contributed by atoms with Gasteiger partial charge in [-0.3, -0.25) is 19.2 Å². The van der Waals surface area contributed by atoms with Gasteiger partial charge in [0.15, 0.2) is 24.4 Å². The molecular formula is C66H98O20. The highest BCUT2D eigenvalue weighted by molar-refractivity contribution is 6.18. The van der Waals surface area contributed by atoms with Crippen LogP contribution in [0.25, 0.3) is 0 Å². The fourth-order valence-electron chi connectivity index (χ4n) is 8.76. The molecule has 0 aliphatic carbocycles. The van der Waals surface area contributed by atoms with Crippen molar-refractivity contribution in [1.29, 1.82) is 0 Å². The molecule has 0 radical (unpaired) electrons. The maximum absolute atomic E-state index is 15.2. The number of hydrogen-bond donors (Lipinski definition) is 0. The monoisotopic (exact) mass is 1210 g/mol. The van der Waals surface area contributed by atoms with Crippen LogP contribution < -0.4 is 0 Å². The van der Waals surface area contributed by atoms with Gasteiger partial charge in [0.1, 0.15) is 0 Å². The summed E-state index contributed by atoms with van der Waals surface area (Å²) in [4.78, 5) is 153. The molecule has 4 atom stereocenters. The maximum Gasteiger partial charge on any atom is 0.509 e. The zero-order chi connectivity index (χ0) is 64.1. The van der Waals surface area contributed by atoms with Crippen LogP contribution in [0.1, 0.15) is 274 Å². The Morgan fingerprint density at radius 1 is 0.314 bits per heavy atom. The van der Waals surface area contributed by atoms with E-state index in [1.54, 1.807) is 27.7 Å². The van der Waals surface area contributed by atoms with Gasteiger partial charge in [0.2, 0.25) is 23.1 Å². The molecule has 2 aromatic rings. The molecule has 20 heteroatoms. The number of carbonyl (C=O) groups is 10. The van der Waals surface area contributed by atoms with Crippen molar-refractivity contribution in [2.45, 2.75) is 236 Å². The molecule has 86 heavy (non-hydrogen) atoms. The fraction of sp³-hybridized carbons (Fsp3) is 0.667. The molecule has 0 bridgehead atoms. The summed E-state index contributed by atoms with van der Waals surface area (Å²) >= 11 is 0. The predicted molar refractivity (Wildman–Crippen MR) is 320 cm³/mol. The predicted octanol–water partition coefficient (Wildman–Crippen LogP) is 15.9.